The van der Waals surface area contributed by atoms with E-state index in [1.165, 1.54) is 28.3 Å². The molecule has 0 saturated carbocycles. The number of morpholine rings is 1. The summed E-state index contributed by atoms with van der Waals surface area (Å²) in [7, 11) is 0. The monoisotopic (exact) mass is 602 g/mol. The Morgan fingerprint density at radius 2 is 1.98 bits per heavy atom. The molecule has 228 valence electrons. The molecule has 3 aliphatic heterocycles. The summed E-state index contributed by atoms with van der Waals surface area (Å²) in [6, 6.07) is 16.1. The number of nitrogens with one attached hydrogen (secondary N) is 1. The molecule has 3 aliphatic rings. The normalized spacial score (nSPS) is 21.9. The molecule has 1 aromatic heterocycles. The highest BCUT2D eigenvalue weighted by Crippen LogP contribution is 2.31. The van der Waals surface area contributed by atoms with Gasteiger partial charge in [-0.2, -0.15) is 15.2 Å². The fourth-order valence-corrected chi connectivity index (χ4v) is 7.32. The second-order valence-electron chi connectivity index (χ2n) is 12.1. The van der Waals surface area contributed by atoms with Crippen LogP contribution in [0.3, 0.4) is 0 Å². The van der Waals surface area contributed by atoms with E-state index in [9.17, 15) is 5.26 Å². The summed E-state index contributed by atoms with van der Waals surface area (Å²) in [6.07, 6.45) is 7.80. The number of anilines is 1. The van der Waals surface area contributed by atoms with Gasteiger partial charge >= 0.3 is 6.01 Å². The summed E-state index contributed by atoms with van der Waals surface area (Å²) >= 11 is 6.59. The molecule has 43 heavy (non-hydrogen) atoms. The Balaban J connectivity index is 1.14. The van der Waals surface area contributed by atoms with Crippen molar-refractivity contribution in [2.75, 3.05) is 50.8 Å². The maximum atomic E-state index is 9.34. The Morgan fingerprint density at radius 3 is 2.77 bits per heavy atom. The number of halogens is 1. The van der Waals surface area contributed by atoms with Gasteiger partial charge in [0.05, 0.1) is 37.5 Å². The molecule has 0 unspecified atom stereocenters. The van der Waals surface area contributed by atoms with Crippen molar-refractivity contribution in [2.24, 2.45) is 0 Å². The number of aryl methyl sites for hydroxylation is 2. The SMILES string of the molecule is CCc1nc(OCCCN2C[C@@H]3C[C@H]2CO3)nc(N2CCN[C@@H](CC#N)C2)c1CCCCc1cccc2cccc(Cl)c12. The van der Waals surface area contributed by atoms with Crippen LogP contribution in [-0.2, 0) is 24.0 Å². The van der Waals surface area contributed by atoms with E-state index in [2.05, 4.69) is 52.4 Å². The zero-order chi connectivity index (χ0) is 29.6. The average molecular weight is 603 g/mol. The van der Waals surface area contributed by atoms with E-state index in [-0.39, 0.29) is 6.04 Å². The summed E-state index contributed by atoms with van der Waals surface area (Å²) < 4.78 is 11.9. The van der Waals surface area contributed by atoms with Crippen LogP contribution in [-0.4, -0.2) is 79.0 Å². The molecule has 3 atom stereocenters. The van der Waals surface area contributed by atoms with Crippen LogP contribution in [0, 0.1) is 11.3 Å². The van der Waals surface area contributed by atoms with Gasteiger partial charge in [-0.1, -0.05) is 48.9 Å². The van der Waals surface area contributed by atoms with E-state index in [0.29, 0.717) is 31.2 Å². The standard InChI is InChI=1S/C34H43ClN6O2/c1-2-31-29(12-4-3-8-24-9-5-10-25-11-6-13-30(35)32(24)25)33(41-18-16-37-26(21-41)14-15-36)39-34(38-31)42-19-7-17-40-22-28-20-27(40)23-43-28/h5-6,9-11,13,26-28,37H,2-4,7-8,12,14,16-23H2,1H3/t26-,27-,28-/m0/s1. The van der Waals surface area contributed by atoms with E-state index in [1.807, 2.05) is 12.1 Å². The van der Waals surface area contributed by atoms with E-state index >= 15 is 0 Å². The molecule has 6 rings (SSSR count). The molecular weight excluding hydrogens is 560 g/mol. The topological polar surface area (TPSA) is 86.5 Å². The molecule has 9 heteroatoms. The molecule has 1 N–H and O–H groups in total. The Kier molecular flexibility index (Phi) is 9.95. The Hall–Kier alpha value is -2.96. The zero-order valence-electron chi connectivity index (χ0n) is 25.2. The highest BCUT2D eigenvalue weighted by Gasteiger charge is 2.38. The van der Waals surface area contributed by atoms with Gasteiger partial charge in [-0.25, -0.2) is 0 Å². The van der Waals surface area contributed by atoms with Crippen molar-refractivity contribution in [3.05, 3.63) is 58.2 Å². The lowest BCUT2D eigenvalue weighted by molar-refractivity contribution is 0.0287. The largest absolute Gasteiger partial charge is 0.463 e. The number of hydrogen-bond acceptors (Lipinski definition) is 8. The first-order valence-corrected chi connectivity index (χ1v) is 16.4. The van der Waals surface area contributed by atoms with Gasteiger partial charge in [0, 0.05) is 60.8 Å². The smallest absolute Gasteiger partial charge is 0.318 e. The maximum absolute atomic E-state index is 9.34. The number of aromatic nitrogens is 2. The van der Waals surface area contributed by atoms with E-state index < -0.39 is 0 Å². The number of nitrogens with zero attached hydrogens (tertiary/aromatic N) is 5. The van der Waals surface area contributed by atoms with Gasteiger partial charge in [-0.05, 0) is 62.0 Å². The summed E-state index contributed by atoms with van der Waals surface area (Å²) in [4.78, 5) is 14.8. The first-order chi connectivity index (χ1) is 21.1. The second kappa shape index (κ2) is 14.2. The van der Waals surface area contributed by atoms with E-state index in [1.54, 1.807) is 0 Å². The van der Waals surface area contributed by atoms with Crippen LogP contribution < -0.4 is 15.0 Å². The molecule has 8 nitrogen and oxygen atoms in total. The quantitative estimate of drug-likeness (QED) is 0.262. The number of rotatable bonds is 13. The zero-order valence-corrected chi connectivity index (χ0v) is 26.0. The average Bonchev–Trinajstić information content (AvgIpc) is 3.66. The minimum atomic E-state index is 0.131. The van der Waals surface area contributed by atoms with Crippen LogP contribution in [0.2, 0.25) is 5.02 Å². The summed E-state index contributed by atoms with van der Waals surface area (Å²) in [6.45, 7) is 8.13. The molecule has 4 heterocycles. The lowest BCUT2D eigenvalue weighted by Gasteiger charge is -2.35. The molecule has 2 bridgehead atoms. The van der Waals surface area contributed by atoms with Crippen LogP contribution in [0.5, 0.6) is 6.01 Å². The van der Waals surface area contributed by atoms with Crippen molar-refractivity contribution < 1.29 is 9.47 Å². The number of benzene rings is 2. The maximum Gasteiger partial charge on any atom is 0.318 e. The summed E-state index contributed by atoms with van der Waals surface area (Å²) in [5, 5.41) is 16.0. The van der Waals surface area contributed by atoms with Crippen LogP contribution in [0.4, 0.5) is 5.82 Å². The van der Waals surface area contributed by atoms with Crippen molar-refractivity contribution in [2.45, 2.75) is 76.5 Å². The van der Waals surface area contributed by atoms with Gasteiger partial charge < -0.3 is 19.7 Å². The van der Waals surface area contributed by atoms with Crippen molar-refractivity contribution >= 4 is 28.2 Å². The number of unbranched alkanes of at least 4 members (excludes halogenated alkanes) is 1. The summed E-state index contributed by atoms with van der Waals surface area (Å²) in [5.74, 6) is 0.980. The van der Waals surface area contributed by atoms with Crippen molar-refractivity contribution in [1.82, 2.24) is 20.2 Å². The molecule has 3 fully saturated rings. The minimum Gasteiger partial charge on any atom is -0.463 e. The van der Waals surface area contributed by atoms with Crippen LogP contribution in [0.15, 0.2) is 36.4 Å². The van der Waals surface area contributed by atoms with Crippen molar-refractivity contribution in [3.63, 3.8) is 0 Å². The Morgan fingerprint density at radius 1 is 1.12 bits per heavy atom. The van der Waals surface area contributed by atoms with Gasteiger partial charge in [-0.3, -0.25) is 4.90 Å². The fraction of sp³-hybridized carbons (Fsp3) is 0.559. The third-order valence-electron chi connectivity index (χ3n) is 9.18. The third kappa shape index (κ3) is 7.07. The third-order valence-corrected chi connectivity index (χ3v) is 9.49. The molecule has 0 amide bonds. The highest BCUT2D eigenvalue weighted by molar-refractivity contribution is 6.35. The molecule has 0 spiro atoms. The van der Waals surface area contributed by atoms with Crippen LogP contribution in [0.25, 0.3) is 10.8 Å². The Labute approximate surface area is 260 Å². The number of piperazine rings is 1. The molecule has 2 aromatic carbocycles. The van der Waals surface area contributed by atoms with Crippen LogP contribution in [0.1, 0.15) is 55.8 Å². The second-order valence-corrected chi connectivity index (χ2v) is 12.5. The molecule has 3 saturated heterocycles. The predicted molar refractivity (Wildman–Crippen MR) is 171 cm³/mol. The fourth-order valence-electron chi connectivity index (χ4n) is 7.01. The minimum absolute atomic E-state index is 0.131. The number of nitriles is 1. The lowest BCUT2D eigenvalue weighted by atomic mass is 9.98. The first kappa shape index (κ1) is 30.1. The first-order valence-electron chi connectivity index (χ1n) is 16.0. The summed E-state index contributed by atoms with van der Waals surface area (Å²) in [5.41, 5.74) is 3.59. The molecule has 3 aromatic rings. The van der Waals surface area contributed by atoms with Crippen molar-refractivity contribution in [1.29, 1.82) is 5.26 Å². The lowest BCUT2D eigenvalue weighted by Crippen LogP contribution is -2.51. The van der Waals surface area contributed by atoms with E-state index in [4.69, 9.17) is 31.0 Å². The molecule has 0 radical (unpaired) electrons. The van der Waals surface area contributed by atoms with Gasteiger partial charge in [0.25, 0.3) is 0 Å². The number of ether oxygens (including phenoxy) is 2. The Bertz CT molecular complexity index is 1440. The predicted octanol–water partition coefficient (Wildman–Crippen LogP) is 5.34. The van der Waals surface area contributed by atoms with E-state index in [0.717, 1.165) is 94.4 Å². The van der Waals surface area contributed by atoms with Gasteiger partial charge in [-0.15, -0.1) is 0 Å². The number of hydrogen-bond donors (Lipinski definition) is 1. The molecule has 0 aliphatic carbocycles. The van der Waals surface area contributed by atoms with Crippen LogP contribution >= 0.6 is 11.6 Å². The number of fused-ring (bicyclic) bond motifs is 3. The van der Waals surface area contributed by atoms with Gasteiger partial charge in [0.2, 0.25) is 0 Å². The highest BCUT2D eigenvalue weighted by atomic mass is 35.5. The number of likely N-dealkylation sites (tertiary alicyclic amines) is 1. The van der Waals surface area contributed by atoms with Gasteiger partial charge in [0.1, 0.15) is 5.82 Å². The van der Waals surface area contributed by atoms with Gasteiger partial charge in [0.15, 0.2) is 0 Å². The molecular formula is C34H43ClN6O2. The van der Waals surface area contributed by atoms with Crippen molar-refractivity contribution in [3.8, 4) is 12.1 Å².